The number of amides is 1. The Balaban J connectivity index is 1.50. The molecule has 4 heteroatoms. The molecule has 6 rings (SSSR count). The zero-order valence-electron chi connectivity index (χ0n) is 21.6. The SMILES string of the molecule is CC(C)[C@@H]1N([C@H]2OC(c3ccccc3)=C[C@@H]2c2ccccc2)C(=O)OC1(c1ccccc1)c1ccccc1. The van der Waals surface area contributed by atoms with Gasteiger partial charge in [0.1, 0.15) is 5.76 Å². The highest BCUT2D eigenvalue weighted by Gasteiger charge is 2.61. The van der Waals surface area contributed by atoms with Crippen LogP contribution in [0.4, 0.5) is 4.79 Å². The lowest BCUT2D eigenvalue weighted by molar-refractivity contribution is -0.00138. The second kappa shape index (κ2) is 9.86. The Morgan fingerprint density at radius 1 is 0.711 bits per heavy atom. The van der Waals surface area contributed by atoms with Crippen LogP contribution in [-0.2, 0) is 15.1 Å². The van der Waals surface area contributed by atoms with Crippen molar-refractivity contribution in [2.75, 3.05) is 0 Å². The molecule has 0 unspecified atom stereocenters. The molecule has 1 saturated heterocycles. The summed E-state index contributed by atoms with van der Waals surface area (Å²) >= 11 is 0. The highest BCUT2D eigenvalue weighted by molar-refractivity contribution is 5.75. The maximum atomic E-state index is 14.1. The van der Waals surface area contributed by atoms with Crippen molar-refractivity contribution in [3.8, 4) is 0 Å². The fourth-order valence-corrected chi connectivity index (χ4v) is 6.03. The maximum absolute atomic E-state index is 14.1. The minimum Gasteiger partial charge on any atom is -0.469 e. The number of rotatable bonds is 6. The predicted molar refractivity (Wildman–Crippen MR) is 149 cm³/mol. The first-order valence-electron chi connectivity index (χ1n) is 13.2. The number of hydrogen-bond acceptors (Lipinski definition) is 3. The highest BCUT2D eigenvalue weighted by Crippen LogP contribution is 2.51. The molecule has 0 radical (unpaired) electrons. The van der Waals surface area contributed by atoms with E-state index in [4.69, 9.17) is 9.47 Å². The second-order valence-electron chi connectivity index (χ2n) is 10.3. The molecule has 4 aromatic carbocycles. The van der Waals surface area contributed by atoms with E-state index in [0.29, 0.717) is 0 Å². The fourth-order valence-electron chi connectivity index (χ4n) is 6.03. The molecule has 0 aliphatic carbocycles. The first kappa shape index (κ1) is 24.1. The Morgan fingerprint density at radius 2 is 1.21 bits per heavy atom. The van der Waals surface area contributed by atoms with Crippen LogP contribution in [0.25, 0.3) is 5.76 Å². The van der Waals surface area contributed by atoms with Crippen molar-refractivity contribution in [1.29, 1.82) is 0 Å². The van der Waals surface area contributed by atoms with E-state index in [9.17, 15) is 4.79 Å². The van der Waals surface area contributed by atoms with Gasteiger partial charge >= 0.3 is 6.09 Å². The maximum Gasteiger partial charge on any atom is 0.414 e. The normalized spacial score (nSPS) is 22.2. The van der Waals surface area contributed by atoms with Crippen LogP contribution < -0.4 is 0 Å². The van der Waals surface area contributed by atoms with Crippen LogP contribution in [0.1, 0.15) is 42.0 Å². The van der Waals surface area contributed by atoms with Crippen LogP contribution in [0.15, 0.2) is 127 Å². The van der Waals surface area contributed by atoms with Crippen LogP contribution in [-0.4, -0.2) is 23.3 Å². The minimum atomic E-state index is -0.978. The van der Waals surface area contributed by atoms with Gasteiger partial charge in [0.2, 0.25) is 0 Å². The number of nitrogens with zero attached hydrogens (tertiary/aromatic N) is 1. The summed E-state index contributed by atoms with van der Waals surface area (Å²) in [6.45, 7) is 4.30. The Bertz CT molecular complexity index is 1380. The summed E-state index contributed by atoms with van der Waals surface area (Å²) in [5.41, 5.74) is 3.00. The molecule has 2 aliphatic rings. The number of carbonyl (C=O) groups is 1. The Labute approximate surface area is 224 Å². The van der Waals surface area contributed by atoms with Crippen molar-refractivity contribution in [1.82, 2.24) is 4.90 Å². The third kappa shape index (κ3) is 3.97. The van der Waals surface area contributed by atoms with Crippen LogP contribution in [0, 0.1) is 5.92 Å². The van der Waals surface area contributed by atoms with Gasteiger partial charge in [-0.3, -0.25) is 4.90 Å². The molecular formula is C34H31NO3. The quantitative estimate of drug-likeness (QED) is 0.273. The lowest BCUT2D eigenvalue weighted by atomic mass is 9.75. The van der Waals surface area contributed by atoms with Gasteiger partial charge in [-0.15, -0.1) is 0 Å². The molecular weight excluding hydrogens is 470 g/mol. The van der Waals surface area contributed by atoms with E-state index in [1.54, 1.807) is 0 Å². The molecule has 0 aromatic heterocycles. The fraction of sp³-hybridized carbons (Fsp3) is 0.206. The van der Waals surface area contributed by atoms with Gasteiger partial charge in [-0.05, 0) is 17.6 Å². The van der Waals surface area contributed by atoms with E-state index in [0.717, 1.165) is 28.0 Å². The minimum absolute atomic E-state index is 0.0719. The molecule has 3 atom stereocenters. The highest BCUT2D eigenvalue weighted by atomic mass is 16.6. The molecule has 0 spiro atoms. The van der Waals surface area contributed by atoms with Crippen molar-refractivity contribution in [3.63, 3.8) is 0 Å². The van der Waals surface area contributed by atoms with Crippen LogP contribution >= 0.6 is 0 Å². The number of carbonyl (C=O) groups excluding carboxylic acids is 1. The number of ether oxygens (including phenoxy) is 2. The molecule has 4 aromatic rings. The summed E-state index contributed by atoms with van der Waals surface area (Å²) in [6, 6.07) is 40.2. The standard InChI is InChI=1S/C34H31NO3/c1-24(2)31-34(27-19-11-5-12-20-27,28-21-13-6-14-22-28)38-33(36)35(31)32-29(25-15-7-3-8-16-25)23-30(37-32)26-17-9-4-10-18-26/h3-24,29,31-32H,1-2H3/t29-,31+,32+/m1/s1. The van der Waals surface area contributed by atoms with Gasteiger partial charge in [-0.1, -0.05) is 135 Å². The van der Waals surface area contributed by atoms with Gasteiger partial charge in [0, 0.05) is 16.7 Å². The third-order valence-corrected chi connectivity index (χ3v) is 7.61. The second-order valence-corrected chi connectivity index (χ2v) is 10.3. The molecule has 190 valence electrons. The number of benzene rings is 4. The van der Waals surface area contributed by atoms with Gasteiger partial charge in [0.25, 0.3) is 0 Å². The van der Waals surface area contributed by atoms with Gasteiger partial charge < -0.3 is 9.47 Å². The van der Waals surface area contributed by atoms with Crippen molar-refractivity contribution >= 4 is 11.9 Å². The van der Waals surface area contributed by atoms with Gasteiger partial charge in [0.15, 0.2) is 11.8 Å². The van der Waals surface area contributed by atoms with Crippen molar-refractivity contribution in [2.24, 2.45) is 5.92 Å². The Morgan fingerprint density at radius 3 is 1.74 bits per heavy atom. The molecule has 1 fully saturated rings. The van der Waals surface area contributed by atoms with Gasteiger partial charge in [0.05, 0.1) is 12.0 Å². The first-order chi connectivity index (χ1) is 18.6. The molecule has 4 nitrogen and oxygen atoms in total. The molecule has 0 saturated carbocycles. The summed E-state index contributed by atoms with van der Waals surface area (Å²) < 4.78 is 13.2. The average molecular weight is 502 g/mol. The zero-order chi connectivity index (χ0) is 26.1. The van der Waals surface area contributed by atoms with E-state index in [1.165, 1.54) is 0 Å². The Kier molecular flexibility index (Phi) is 6.24. The summed E-state index contributed by atoms with van der Waals surface area (Å²) in [6.07, 6.45) is 1.22. The predicted octanol–water partition coefficient (Wildman–Crippen LogP) is 7.59. The largest absolute Gasteiger partial charge is 0.469 e. The van der Waals surface area contributed by atoms with Crippen LogP contribution in [0.3, 0.4) is 0 Å². The summed E-state index contributed by atoms with van der Waals surface area (Å²) in [5.74, 6) is 0.696. The lowest BCUT2D eigenvalue weighted by Crippen LogP contribution is -2.52. The van der Waals surface area contributed by atoms with E-state index in [-0.39, 0.29) is 24.0 Å². The topological polar surface area (TPSA) is 38.8 Å². The summed E-state index contributed by atoms with van der Waals surface area (Å²) in [5, 5.41) is 0. The molecule has 38 heavy (non-hydrogen) atoms. The third-order valence-electron chi connectivity index (χ3n) is 7.61. The Hall–Kier alpha value is -4.31. The van der Waals surface area contributed by atoms with Crippen molar-refractivity contribution < 1.29 is 14.3 Å². The zero-order valence-corrected chi connectivity index (χ0v) is 21.6. The average Bonchev–Trinajstić information content (AvgIpc) is 3.55. The number of hydrogen-bond donors (Lipinski definition) is 0. The van der Waals surface area contributed by atoms with E-state index in [2.05, 4.69) is 56.3 Å². The van der Waals surface area contributed by atoms with E-state index in [1.807, 2.05) is 89.8 Å². The molecule has 0 bridgehead atoms. The summed E-state index contributed by atoms with van der Waals surface area (Å²) in [4.78, 5) is 15.9. The van der Waals surface area contributed by atoms with E-state index >= 15 is 0 Å². The van der Waals surface area contributed by atoms with E-state index < -0.39 is 11.8 Å². The van der Waals surface area contributed by atoms with Gasteiger partial charge in [-0.2, -0.15) is 0 Å². The molecule has 0 N–H and O–H groups in total. The number of cyclic esters (lactones) is 1. The lowest BCUT2D eigenvalue weighted by Gasteiger charge is -2.40. The molecule has 1 amide bonds. The molecule has 2 aliphatic heterocycles. The first-order valence-corrected chi connectivity index (χ1v) is 13.2. The van der Waals surface area contributed by atoms with Crippen molar-refractivity contribution in [3.05, 3.63) is 150 Å². The molecule has 2 heterocycles. The summed E-state index contributed by atoms with van der Waals surface area (Å²) in [7, 11) is 0. The smallest absolute Gasteiger partial charge is 0.414 e. The van der Waals surface area contributed by atoms with Crippen LogP contribution in [0.5, 0.6) is 0 Å². The monoisotopic (exact) mass is 501 g/mol. The van der Waals surface area contributed by atoms with Crippen LogP contribution in [0.2, 0.25) is 0 Å². The van der Waals surface area contributed by atoms with Crippen molar-refractivity contribution in [2.45, 2.75) is 37.6 Å². The van der Waals surface area contributed by atoms with Gasteiger partial charge in [-0.25, -0.2) is 4.79 Å².